The van der Waals surface area contributed by atoms with Crippen molar-refractivity contribution in [1.82, 2.24) is 0 Å². The normalized spacial score (nSPS) is 10.9. The molecule has 1 aromatic carbocycles. The van der Waals surface area contributed by atoms with Crippen molar-refractivity contribution in [2.75, 3.05) is 11.9 Å². The van der Waals surface area contributed by atoms with Crippen LogP contribution in [0, 0.1) is 0 Å². The fraction of sp³-hybridized carbons (Fsp3) is 0.429. The highest BCUT2D eigenvalue weighted by Gasteiger charge is 2.22. The number of aromatic carboxylic acids is 1. The Morgan fingerprint density at radius 2 is 1.95 bits per heavy atom. The second kappa shape index (κ2) is 6.80. The Morgan fingerprint density at radius 1 is 1.33 bits per heavy atom. The smallest absolute Gasteiger partial charge is 0.412 e. The summed E-state index contributed by atoms with van der Waals surface area (Å²) in [4.78, 5) is 23.2. The van der Waals surface area contributed by atoms with Crippen LogP contribution in [0.3, 0.4) is 0 Å². The van der Waals surface area contributed by atoms with Gasteiger partial charge in [0.1, 0.15) is 17.0 Å². The van der Waals surface area contributed by atoms with E-state index >= 15 is 0 Å². The first-order chi connectivity index (χ1) is 9.64. The van der Waals surface area contributed by atoms with Gasteiger partial charge in [0.2, 0.25) is 0 Å². The molecule has 0 saturated heterocycles. The molecule has 0 bridgehead atoms. The van der Waals surface area contributed by atoms with Crippen molar-refractivity contribution in [3.05, 3.63) is 22.2 Å². The summed E-state index contributed by atoms with van der Waals surface area (Å²) in [7, 11) is 0. The minimum absolute atomic E-state index is 0.0711. The highest BCUT2D eigenvalue weighted by atomic mass is 79.9. The third-order valence-electron chi connectivity index (χ3n) is 2.22. The van der Waals surface area contributed by atoms with Crippen LogP contribution >= 0.6 is 15.9 Å². The van der Waals surface area contributed by atoms with Gasteiger partial charge in [-0.05, 0) is 39.8 Å². The number of rotatable bonds is 4. The van der Waals surface area contributed by atoms with Gasteiger partial charge in [-0.3, -0.25) is 5.32 Å². The number of anilines is 1. The molecule has 7 heteroatoms. The summed E-state index contributed by atoms with van der Waals surface area (Å²) in [5.74, 6) is -0.918. The van der Waals surface area contributed by atoms with E-state index in [1.807, 2.05) is 0 Å². The number of carboxylic acids is 1. The minimum Gasteiger partial charge on any atom is -0.492 e. The fourth-order valence-electron chi connectivity index (χ4n) is 1.55. The van der Waals surface area contributed by atoms with Crippen LogP contribution in [0.1, 0.15) is 38.1 Å². The molecular weight excluding hydrogens is 342 g/mol. The zero-order valence-corrected chi connectivity index (χ0v) is 13.9. The summed E-state index contributed by atoms with van der Waals surface area (Å²) in [5.41, 5.74) is -0.699. The topological polar surface area (TPSA) is 84.9 Å². The number of carbonyl (C=O) groups excluding carboxylic acids is 1. The van der Waals surface area contributed by atoms with Crippen LogP contribution < -0.4 is 10.1 Å². The van der Waals surface area contributed by atoms with Gasteiger partial charge in [-0.25, -0.2) is 9.59 Å². The van der Waals surface area contributed by atoms with Crippen molar-refractivity contribution >= 4 is 33.7 Å². The predicted molar refractivity (Wildman–Crippen MR) is 82.1 cm³/mol. The summed E-state index contributed by atoms with van der Waals surface area (Å²) < 4.78 is 11.0. The molecular formula is C14H18BrNO5. The molecule has 0 atom stereocenters. The van der Waals surface area contributed by atoms with Crippen molar-refractivity contribution in [3.63, 3.8) is 0 Å². The van der Waals surface area contributed by atoms with Gasteiger partial charge in [0.15, 0.2) is 0 Å². The maximum atomic E-state index is 11.9. The van der Waals surface area contributed by atoms with Gasteiger partial charge in [0.25, 0.3) is 0 Å². The van der Waals surface area contributed by atoms with E-state index in [0.717, 1.165) is 0 Å². The highest BCUT2D eigenvalue weighted by Crippen LogP contribution is 2.33. The lowest BCUT2D eigenvalue weighted by Crippen LogP contribution is -2.28. The Balaban J connectivity index is 3.18. The van der Waals surface area contributed by atoms with E-state index in [-0.39, 0.29) is 17.0 Å². The van der Waals surface area contributed by atoms with Crippen molar-refractivity contribution in [2.45, 2.75) is 33.3 Å². The van der Waals surface area contributed by atoms with Gasteiger partial charge in [0, 0.05) is 4.47 Å². The molecule has 0 aliphatic rings. The monoisotopic (exact) mass is 359 g/mol. The number of ether oxygens (including phenoxy) is 2. The molecule has 0 radical (unpaired) electrons. The van der Waals surface area contributed by atoms with E-state index in [2.05, 4.69) is 21.2 Å². The second-order valence-electron chi connectivity index (χ2n) is 5.19. The van der Waals surface area contributed by atoms with Gasteiger partial charge >= 0.3 is 12.1 Å². The molecule has 0 unspecified atom stereocenters. The molecule has 1 aromatic rings. The van der Waals surface area contributed by atoms with Crippen molar-refractivity contribution in [3.8, 4) is 5.75 Å². The van der Waals surface area contributed by atoms with Crippen LogP contribution in [0.2, 0.25) is 0 Å². The van der Waals surface area contributed by atoms with Crippen LogP contribution in [0.25, 0.3) is 0 Å². The zero-order chi connectivity index (χ0) is 16.2. The average molecular weight is 360 g/mol. The van der Waals surface area contributed by atoms with Crippen LogP contribution in [0.5, 0.6) is 5.75 Å². The Morgan fingerprint density at radius 3 is 2.43 bits per heavy atom. The molecule has 1 rings (SSSR count). The Kier molecular flexibility index (Phi) is 5.60. The number of halogens is 1. The predicted octanol–water partition coefficient (Wildman–Crippen LogP) is 3.89. The number of nitrogens with one attached hydrogen (secondary N) is 1. The quantitative estimate of drug-likeness (QED) is 0.851. The standard InChI is InChI=1S/C14H18BrNO5/c1-5-20-10-7-8(15)6-9(12(17)18)11(10)16-13(19)21-14(2,3)4/h6-7H,5H2,1-4H3,(H,16,19)(H,17,18). The molecule has 0 heterocycles. The number of carboxylic acid groups (broad SMARTS) is 1. The lowest BCUT2D eigenvalue weighted by Gasteiger charge is -2.21. The largest absolute Gasteiger partial charge is 0.492 e. The molecule has 0 aliphatic heterocycles. The second-order valence-corrected chi connectivity index (χ2v) is 6.11. The van der Waals surface area contributed by atoms with Crippen LogP contribution in [-0.4, -0.2) is 29.4 Å². The first-order valence-corrected chi connectivity index (χ1v) is 7.13. The number of carbonyl (C=O) groups is 2. The lowest BCUT2D eigenvalue weighted by atomic mass is 10.1. The van der Waals surface area contributed by atoms with Crippen molar-refractivity contribution in [2.24, 2.45) is 0 Å². The van der Waals surface area contributed by atoms with E-state index in [9.17, 15) is 14.7 Å². The molecule has 1 amide bonds. The lowest BCUT2D eigenvalue weighted by molar-refractivity contribution is 0.0635. The van der Waals surface area contributed by atoms with Gasteiger partial charge in [-0.1, -0.05) is 15.9 Å². The molecule has 2 N–H and O–H groups in total. The maximum absolute atomic E-state index is 11.9. The molecule has 116 valence electrons. The molecule has 0 aliphatic carbocycles. The first kappa shape index (κ1) is 17.3. The number of hydrogen-bond acceptors (Lipinski definition) is 4. The number of hydrogen-bond donors (Lipinski definition) is 2. The van der Waals surface area contributed by atoms with Crippen molar-refractivity contribution in [1.29, 1.82) is 0 Å². The number of amides is 1. The first-order valence-electron chi connectivity index (χ1n) is 6.33. The minimum atomic E-state index is -1.18. The van der Waals surface area contributed by atoms with E-state index in [0.29, 0.717) is 11.1 Å². The molecule has 0 aromatic heterocycles. The van der Waals surface area contributed by atoms with Gasteiger partial charge in [0.05, 0.1) is 12.2 Å². The Hall–Kier alpha value is -1.76. The summed E-state index contributed by atoms with van der Waals surface area (Å²) in [6, 6.07) is 2.97. The van der Waals surface area contributed by atoms with Crippen molar-refractivity contribution < 1.29 is 24.2 Å². The van der Waals surface area contributed by atoms with Crippen LogP contribution in [-0.2, 0) is 4.74 Å². The summed E-state index contributed by atoms with van der Waals surface area (Å²) in [6.45, 7) is 7.25. The van der Waals surface area contributed by atoms with Gasteiger partial charge in [-0.2, -0.15) is 0 Å². The number of benzene rings is 1. The third-order valence-corrected chi connectivity index (χ3v) is 2.68. The van der Waals surface area contributed by atoms with E-state index in [1.165, 1.54) is 6.07 Å². The fourth-order valence-corrected chi connectivity index (χ4v) is 1.99. The van der Waals surface area contributed by atoms with Gasteiger partial charge in [-0.15, -0.1) is 0 Å². The summed E-state index contributed by atoms with van der Waals surface area (Å²) >= 11 is 3.21. The van der Waals surface area contributed by atoms with Gasteiger partial charge < -0.3 is 14.6 Å². The summed E-state index contributed by atoms with van der Waals surface area (Å²) in [5, 5.41) is 11.7. The Labute approximate surface area is 131 Å². The highest BCUT2D eigenvalue weighted by molar-refractivity contribution is 9.10. The molecule has 0 spiro atoms. The van der Waals surface area contributed by atoms with Crippen LogP contribution in [0.4, 0.5) is 10.5 Å². The molecule has 6 nitrogen and oxygen atoms in total. The van der Waals surface area contributed by atoms with E-state index in [4.69, 9.17) is 9.47 Å². The Bertz CT molecular complexity index is 551. The van der Waals surface area contributed by atoms with Crippen LogP contribution in [0.15, 0.2) is 16.6 Å². The molecule has 21 heavy (non-hydrogen) atoms. The third kappa shape index (κ3) is 5.26. The molecule has 0 saturated carbocycles. The molecule has 0 fully saturated rings. The van der Waals surface area contributed by atoms with E-state index < -0.39 is 17.7 Å². The SMILES string of the molecule is CCOc1cc(Br)cc(C(=O)O)c1NC(=O)OC(C)(C)C. The zero-order valence-electron chi connectivity index (χ0n) is 12.3. The van der Waals surface area contributed by atoms with E-state index in [1.54, 1.807) is 33.8 Å². The maximum Gasteiger partial charge on any atom is 0.412 e. The average Bonchev–Trinajstić information content (AvgIpc) is 2.29. The summed E-state index contributed by atoms with van der Waals surface area (Å²) in [6.07, 6.45) is -0.742.